The predicted octanol–water partition coefficient (Wildman–Crippen LogP) is 3.65. The number of likely N-dealkylation sites (tertiary alicyclic amines) is 1. The van der Waals surface area contributed by atoms with Crippen LogP contribution in [-0.4, -0.2) is 59.8 Å². The zero-order valence-corrected chi connectivity index (χ0v) is 18.1. The van der Waals surface area contributed by atoms with Gasteiger partial charge < -0.3 is 20.3 Å². The number of amides is 1. The van der Waals surface area contributed by atoms with E-state index in [2.05, 4.69) is 25.7 Å². The number of nitrogens with one attached hydrogen (secondary N) is 2. The summed E-state index contributed by atoms with van der Waals surface area (Å²) in [4.78, 5) is 13.7. The van der Waals surface area contributed by atoms with E-state index in [9.17, 15) is 4.79 Å². The van der Waals surface area contributed by atoms with Crippen LogP contribution < -0.4 is 10.6 Å². The summed E-state index contributed by atoms with van der Waals surface area (Å²) in [5.74, 6) is 0.724. The minimum Gasteiger partial charge on any atom is -0.381 e. The molecule has 1 aromatic heterocycles. The van der Waals surface area contributed by atoms with E-state index in [4.69, 9.17) is 11.6 Å². The van der Waals surface area contributed by atoms with Crippen LogP contribution in [0.4, 0.5) is 11.5 Å². The Bertz CT molecular complexity index is 1080. The van der Waals surface area contributed by atoms with Crippen molar-refractivity contribution in [3.63, 3.8) is 0 Å². The first-order valence-corrected chi connectivity index (χ1v) is 11.4. The maximum Gasteiger partial charge on any atom is 0.221 e. The second-order valence-electron chi connectivity index (χ2n) is 9.09. The lowest BCUT2D eigenvalue weighted by Gasteiger charge is -2.27. The van der Waals surface area contributed by atoms with Crippen molar-refractivity contribution >= 4 is 17.4 Å². The Morgan fingerprint density at radius 2 is 1.88 bits per heavy atom. The first-order valence-electron chi connectivity index (χ1n) is 13.9. The van der Waals surface area contributed by atoms with Gasteiger partial charge in [-0.05, 0) is 67.7 Å². The lowest BCUT2D eigenvalue weighted by Crippen LogP contribution is -2.32. The molecular formula is C25H33N5O2. The lowest BCUT2D eigenvalue weighted by molar-refractivity contribution is -0.114. The molecule has 3 fully saturated rings. The number of anilines is 2. The van der Waals surface area contributed by atoms with Gasteiger partial charge in [0.15, 0.2) is 0 Å². The van der Waals surface area contributed by atoms with Crippen molar-refractivity contribution < 1.29 is 16.4 Å². The van der Waals surface area contributed by atoms with E-state index >= 15 is 0 Å². The number of hydrogen-bond acceptors (Lipinski definition) is 6. The highest BCUT2D eigenvalue weighted by Gasteiger charge is 2.41. The molecule has 2 aliphatic heterocycles. The molecule has 0 bridgehead atoms. The fourth-order valence-electron chi connectivity index (χ4n) is 5.24. The Hall–Kier alpha value is -2.51. The number of carbonyl (C=O) groups is 1. The predicted molar refractivity (Wildman–Crippen MR) is 125 cm³/mol. The lowest BCUT2D eigenvalue weighted by atomic mass is 10.00. The number of benzene rings is 1. The first kappa shape index (κ1) is 16.2. The quantitative estimate of drug-likeness (QED) is 0.714. The summed E-state index contributed by atoms with van der Waals surface area (Å²) in [6.45, 7) is -1.03. The Labute approximate surface area is 197 Å². The molecule has 0 spiro atoms. The topological polar surface area (TPSA) is 79.4 Å². The summed E-state index contributed by atoms with van der Waals surface area (Å²) < 4.78 is 44.4. The summed E-state index contributed by atoms with van der Waals surface area (Å²) >= 11 is 0. The maximum atomic E-state index is 11.6. The molecule has 32 heavy (non-hydrogen) atoms. The molecule has 170 valence electrons. The molecular weight excluding hydrogens is 402 g/mol. The van der Waals surface area contributed by atoms with Crippen LogP contribution in [0.2, 0.25) is 0 Å². The van der Waals surface area contributed by atoms with Crippen LogP contribution >= 0.6 is 0 Å². The summed E-state index contributed by atoms with van der Waals surface area (Å²) in [6.07, 6.45) is 3.59. The monoisotopic (exact) mass is 440 g/mol. The van der Waals surface area contributed by atoms with Crippen LogP contribution in [0.25, 0.3) is 11.3 Å². The molecule has 3 heterocycles. The van der Waals surface area contributed by atoms with Crippen LogP contribution in [-0.2, 0) is 9.53 Å². The number of rotatable bonds is 6. The van der Waals surface area contributed by atoms with Gasteiger partial charge >= 0.3 is 0 Å². The van der Waals surface area contributed by atoms with Gasteiger partial charge in [-0.25, -0.2) is 0 Å². The van der Waals surface area contributed by atoms with Crippen LogP contribution in [0.3, 0.4) is 0 Å². The average Bonchev–Trinajstić information content (AvgIpc) is 3.44. The highest BCUT2D eigenvalue weighted by Crippen LogP contribution is 2.39. The van der Waals surface area contributed by atoms with E-state index in [0.29, 0.717) is 48.3 Å². The molecule has 1 aromatic carbocycles. The Morgan fingerprint density at radius 3 is 2.53 bits per heavy atom. The SMILES string of the molecule is [2H]C([2H])([2H])C(=O)Nc1ccc(-c2ccc(NC3C[C@@H]4CN(C([2H])([2H])C5CCOCC5)C[C@@H]4C3)nn2)cc1. The third-order valence-corrected chi connectivity index (χ3v) is 6.79. The molecule has 7 heteroatoms. The molecule has 1 saturated carbocycles. The minimum atomic E-state index is -2.69. The second-order valence-corrected chi connectivity index (χ2v) is 9.09. The highest BCUT2D eigenvalue weighted by molar-refractivity contribution is 5.88. The van der Waals surface area contributed by atoms with Crippen LogP contribution in [0.15, 0.2) is 36.4 Å². The number of carbonyl (C=O) groups excluding carboxylic acids is 1. The van der Waals surface area contributed by atoms with E-state index < -0.39 is 19.3 Å². The highest BCUT2D eigenvalue weighted by atomic mass is 16.5. The van der Waals surface area contributed by atoms with Crippen molar-refractivity contribution in [2.24, 2.45) is 17.8 Å². The number of fused-ring (bicyclic) bond motifs is 1. The van der Waals surface area contributed by atoms with Crippen molar-refractivity contribution in [2.75, 3.05) is 43.4 Å². The van der Waals surface area contributed by atoms with Crippen LogP contribution in [0.5, 0.6) is 0 Å². The van der Waals surface area contributed by atoms with Gasteiger partial charge in [-0.3, -0.25) is 4.79 Å². The fourth-order valence-corrected chi connectivity index (χ4v) is 5.24. The van der Waals surface area contributed by atoms with Gasteiger partial charge in [-0.1, -0.05) is 12.1 Å². The van der Waals surface area contributed by atoms with Gasteiger partial charge in [0.2, 0.25) is 5.91 Å². The Kier molecular flexibility index (Phi) is 4.82. The van der Waals surface area contributed by atoms with Crippen LogP contribution in [0.1, 0.15) is 39.4 Å². The van der Waals surface area contributed by atoms with E-state index in [1.807, 2.05) is 12.1 Å². The van der Waals surface area contributed by atoms with Gasteiger partial charge in [-0.15, -0.1) is 10.2 Å². The van der Waals surface area contributed by atoms with Crippen molar-refractivity contribution in [1.82, 2.24) is 15.1 Å². The molecule has 1 aliphatic carbocycles. The third kappa shape index (κ3) is 5.10. The molecule has 3 aliphatic rings. The molecule has 1 amide bonds. The summed E-state index contributed by atoms with van der Waals surface area (Å²) in [6, 6.07) is 10.9. The molecule has 1 unspecified atom stereocenters. The fraction of sp³-hybridized carbons (Fsp3) is 0.560. The molecule has 5 rings (SSSR count). The minimum absolute atomic E-state index is 0.0481. The summed E-state index contributed by atoms with van der Waals surface area (Å²) in [5, 5.41) is 14.6. The van der Waals surface area contributed by atoms with Gasteiger partial charge in [0.05, 0.1) is 5.69 Å². The average molecular weight is 441 g/mol. The Balaban J connectivity index is 1.13. The molecule has 2 N–H and O–H groups in total. The smallest absolute Gasteiger partial charge is 0.221 e. The number of hydrogen-bond donors (Lipinski definition) is 2. The molecule has 2 aromatic rings. The van der Waals surface area contributed by atoms with E-state index in [0.717, 1.165) is 44.3 Å². The number of nitrogens with zero attached hydrogens (tertiary/aromatic N) is 3. The third-order valence-electron chi connectivity index (χ3n) is 6.79. The van der Waals surface area contributed by atoms with Gasteiger partial charge in [-0.2, -0.15) is 0 Å². The first-order chi connectivity index (χ1) is 17.6. The molecule has 2 saturated heterocycles. The van der Waals surface area contributed by atoms with Crippen LogP contribution in [0, 0.1) is 17.8 Å². The standard InChI is InChI=1S/C25H33N5O2/c1-17(31)26-22-4-2-19(3-5-22)24-6-7-25(29-28-24)27-23-12-20-15-30(16-21(20)13-23)14-18-8-10-32-11-9-18/h2-7,18,20-21,23H,8-16H2,1H3,(H,26,31)(H,27,29)/t20-,21+,23?/i1D3,14D2. The second kappa shape index (κ2) is 9.55. The molecule has 0 radical (unpaired) electrons. The van der Waals surface area contributed by atoms with Gasteiger partial charge in [0.1, 0.15) is 5.82 Å². The van der Waals surface area contributed by atoms with Gasteiger partial charge in [0.25, 0.3) is 0 Å². The summed E-state index contributed by atoms with van der Waals surface area (Å²) in [5.41, 5.74) is 1.89. The van der Waals surface area contributed by atoms with Crippen molar-refractivity contribution in [3.05, 3.63) is 36.4 Å². The summed E-state index contributed by atoms with van der Waals surface area (Å²) in [7, 11) is 0. The van der Waals surface area contributed by atoms with Crippen molar-refractivity contribution in [1.29, 1.82) is 0 Å². The zero-order chi connectivity index (χ0) is 26.2. The van der Waals surface area contributed by atoms with Crippen molar-refractivity contribution in [3.8, 4) is 11.3 Å². The normalized spacial score (nSPS) is 29.2. The Morgan fingerprint density at radius 1 is 1.12 bits per heavy atom. The number of aromatic nitrogens is 2. The van der Waals surface area contributed by atoms with E-state index in [1.165, 1.54) is 0 Å². The zero-order valence-electron chi connectivity index (χ0n) is 23.1. The van der Waals surface area contributed by atoms with E-state index in [-0.39, 0.29) is 5.92 Å². The molecule has 7 nitrogen and oxygen atoms in total. The van der Waals surface area contributed by atoms with Crippen molar-refractivity contribution in [2.45, 2.75) is 38.6 Å². The molecule has 3 atom stereocenters. The van der Waals surface area contributed by atoms with Gasteiger partial charge in [0, 0.05) is 63.8 Å². The van der Waals surface area contributed by atoms with E-state index in [1.54, 1.807) is 24.3 Å². The number of ether oxygens (including phenoxy) is 1. The largest absolute Gasteiger partial charge is 0.381 e. The maximum absolute atomic E-state index is 11.6.